The Bertz CT molecular complexity index is 570. The van der Waals surface area contributed by atoms with E-state index in [1.54, 1.807) is 0 Å². The van der Waals surface area contributed by atoms with Gasteiger partial charge in [-0.1, -0.05) is 46.3 Å². The second kappa shape index (κ2) is 5.35. The number of nitrogens with two attached hydrogens (primary N) is 1. The van der Waals surface area contributed by atoms with Crippen LogP contribution in [0.2, 0.25) is 0 Å². The molecule has 2 aromatic rings. The van der Waals surface area contributed by atoms with Gasteiger partial charge in [-0.2, -0.15) is 0 Å². The highest BCUT2D eigenvalue weighted by Crippen LogP contribution is 2.36. The first-order chi connectivity index (χ1) is 9.22. The third-order valence-electron chi connectivity index (χ3n) is 3.49. The summed E-state index contributed by atoms with van der Waals surface area (Å²) in [7, 11) is 0. The Hall–Kier alpha value is -1.32. The summed E-state index contributed by atoms with van der Waals surface area (Å²) in [5.74, 6) is 0.919. The molecular weight excluding hydrogens is 302 g/mol. The monoisotopic (exact) mass is 317 g/mol. The van der Waals surface area contributed by atoms with Gasteiger partial charge in [-0.05, 0) is 23.8 Å². The molecule has 0 fully saturated rings. The van der Waals surface area contributed by atoms with Gasteiger partial charge in [-0.3, -0.25) is 0 Å². The molecule has 19 heavy (non-hydrogen) atoms. The van der Waals surface area contributed by atoms with Crippen LogP contribution >= 0.6 is 15.9 Å². The van der Waals surface area contributed by atoms with Crippen molar-refractivity contribution in [2.75, 3.05) is 0 Å². The number of rotatable bonds is 2. The lowest BCUT2D eigenvalue weighted by Gasteiger charge is -2.30. The summed E-state index contributed by atoms with van der Waals surface area (Å²) in [6, 6.07) is 16.5. The van der Waals surface area contributed by atoms with Gasteiger partial charge in [0.15, 0.2) is 0 Å². The molecule has 1 aliphatic heterocycles. The average molecular weight is 318 g/mol. The molecule has 3 rings (SSSR count). The predicted octanol–water partition coefficient (Wildman–Crippen LogP) is 3.84. The summed E-state index contributed by atoms with van der Waals surface area (Å²) in [6.45, 7) is 0. The Morgan fingerprint density at radius 3 is 2.74 bits per heavy atom. The largest absolute Gasteiger partial charge is 0.490 e. The van der Waals surface area contributed by atoms with E-state index >= 15 is 0 Å². The van der Waals surface area contributed by atoms with E-state index in [4.69, 9.17) is 10.5 Å². The van der Waals surface area contributed by atoms with Crippen LogP contribution in [0.1, 0.15) is 23.6 Å². The van der Waals surface area contributed by atoms with Crippen molar-refractivity contribution in [1.29, 1.82) is 0 Å². The number of hydrogen-bond donors (Lipinski definition) is 1. The molecule has 0 aromatic heterocycles. The zero-order valence-corrected chi connectivity index (χ0v) is 12.1. The van der Waals surface area contributed by atoms with Gasteiger partial charge in [0.25, 0.3) is 0 Å². The van der Waals surface area contributed by atoms with Gasteiger partial charge in [-0.25, -0.2) is 0 Å². The Morgan fingerprint density at radius 1 is 1.16 bits per heavy atom. The lowest BCUT2D eigenvalue weighted by Crippen LogP contribution is -2.31. The molecule has 1 aliphatic rings. The molecule has 98 valence electrons. The van der Waals surface area contributed by atoms with Gasteiger partial charge in [0.1, 0.15) is 11.9 Å². The van der Waals surface area contributed by atoms with E-state index in [2.05, 4.69) is 46.3 Å². The maximum atomic E-state index is 6.26. The average Bonchev–Trinajstić information content (AvgIpc) is 2.41. The fourth-order valence-corrected chi connectivity index (χ4v) is 2.94. The lowest BCUT2D eigenvalue weighted by atomic mass is 9.94. The first kappa shape index (κ1) is 12.7. The first-order valence-corrected chi connectivity index (χ1v) is 7.27. The van der Waals surface area contributed by atoms with Gasteiger partial charge in [0.05, 0.1) is 0 Å². The Morgan fingerprint density at radius 2 is 1.95 bits per heavy atom. The summed E-state index contributed by atoms with van der Waals surface area (Å²) in [4.78, 5) is 0. The molecule has 0 bridgehead atoms. The van der Waals surface area contributed by atoms with Gasteiger partial charge < -0.3 is 10.5 Å². The smallest absolute Gasteiger partial charge is 0.124 e. The zero-order chi connectivity index (χ0) is 13.2. The first-order valence-electron chi connectivity index (χ1n) is 6.48. The number of fused-ring (bicyclic) bond motifs is 1. The van der Waals surface area contributed by atoms with Crippen LogP contribution in [0, 0.1) is 0 Å². The van der Waals surface area contributed by atoms with Gasteiger partial charge in [0.2, 0.25) is 0 Å². The highest BCUT2D eigenvalue weighted by Gasteiger charge is 2.26. The van der Waals surface area contributed by atoms with Crippen molar-refractivity contribution in [2.45, 2.75) is 25.0 Å². The molecule has 0 spiro atoms. The summed E-state index contributed by atoms with van der Waals surface area (Å²) in [5, 5.41) is 0. The molecule has 3 heteroatoms. The van der Waals surface area contributed by atoms with Crippen LogP contribution in [0.25, 0.3) is 0 Å². The van der Waals surface area contributed by atoms with E-state index in [9.17, 15) is 0 Å². The van der Waals surface area contributed by atoms with Crippen molar-refractivity contribution in [3.8, 4) is 5.75 Å². The third kappa shape index (κ3) is 2.82. The molecule has 1 heterocycles. The second-order valence-electron chi connectivity index (χ2n) is 4.95. The standard InChI is InChI=1S/C16H16BrNO/c17-12-6-7-16-14(9-12)15(18)10-13(19-16)8-11-4-2-1-3-5-11/h1-7,9,13,15H,8,10,18H2/t13?,15-/m1/s1. The number of ether oxygens (including phenoxy) is 1. The van der Waals surface area contributed by atoms with Gasteiger partial charge in [0, 0.05) is 28.9 Å². The van der Waals surface area contributed by atoms with E-state index in [1.165, 1.54) is 5.56 Å². The van der Waals surface area contributed by atoms with E-state index in [0.29, 0.717) is 0 Å². The predicted molar refractivity (Wildman–Crippen MR) is 80.2 cm³/mol. The zero-order valence-electron chi connectivity index (χ0n) is 10.6. The van der Waals surface area contributed by atoms with Crippen LogP contribution in [-0.4, -0.2) is 6.10 Å². The quantitative estimate of drug-likeness (QED) is 0.913. The fourth-order valence-electron chi connectivity index (χ4n) is 2.56. The van der Waals surface area contributed by atoms with Crippen molar-refractivity contribution >= 4 is 15.9 Å². The highest BCUT2D eigenvalue weighted by molar-refractivity contribution is 9.10. The second-order valence-corrected chi connectivity index (χ2v) is 5.87. The summed E-state index contributed by atoms with van der Waals surface area (Å²) in [5.41, 5.74) is 8.65. The molecule has 0 radical (unpaired) electrons. The summed E-state index contributed by atoms with van der Waals surface area (Å²) >= 11 is 3.48. The van der Waals surface area contributed by atoms with Crippen LogP contribution in [0.3, 0.4) is 0 Å². The minimum absolute atomic E-state index is 0.0509. The molecule has 0 aliphatic carbocycles. The fraction of sp³-hybridized carbons (Fsp3) is 0.250. The highest BCUT2D eigenvalue weighted by atomic mass is 79.9. The van der Waals surface area contributed by atoms with Crippen molar-refractivity contribution < 1.29 is 4.74 Å². The summed E-state index contributed by atoms with van der Waals surface area (Å²) < 4.78 is 7.11. The Kier molecular flexibility index (Phi) is 3.58. The molecule has 0 saturated carbocycles. The molecule has 2 atom stereocenters. The topological polar surface area (TPSA) is 35.2 Å². The van der Waals surface area contributed by atoms with E-state index in [1.807, 2.05) is 18.2 Å². The van der Waals surface area contributed by atoms with Crippen LogP contribution in [-0.2, 0) is 6.42 Å². The normalized spacial score (nSPS) is 21.6. The number of halogens is 1. The van der Waals surface area contributed by atoms with Crippen LogP contribution in [0.5, 0.6) is 5.75 Å². The third-order valence-corrected chi connectivity index (χ3v) is 3.98. The molecule has 0 saturated heterocycles. The molecule has 0 amide bonds. The minimum Gasteiger partial charge on any atom is -0.490 e. The van der Waals surface area contributed by atoms with Gasteiger partial charge in [-0.15, -0.1) is 0 Å². The van der Waals surface area contributed by atoms with Crippen molar-refractivity contribution in [3.05, 3.63) is 64.1 Å². The van der Waals surface area contributed by atoms with Gasteiger partial charge >= 0.3 is 0 Å². The van der Waals surface area contributed by atoms with E-state index in [-0.39, 0.29) is 12.1 Å². The van der Waals surface area contributed by atoms with Crippen LogP contribution < -0.4 is 10.5 Å². The molecule has 2 aromatic carbocycles. The molecule has 2 N–H and O–H groups in total. The number of benzene rings is 2. The number of hydrogen-bond acceptors (Lipinski definition) is 2. The van der Waals surface area contributed by atoms with Crippen molar-refractivity contribution in [1.82, 2.24) is 0 Å². The Balaban J connectivity index is 1.80. The molecular formula is C16H16BrNO. The SMILES string of the molecule is N[C@@H]1CC(Cc2ccccc2)Oc2ccc(Br)cc21. The van der Waals surface area contributed by atoms with Crippen LogP contribution in [0.15, 0.2) is 53.0 Å². The molecule has 2 nitrogen and oxygen atoms in total. The van der Waals surface area contributed by atoms with Crippen molar-refractivity contribution in [2.24, 2.45) is 5.73 Å². The molecule has 1 unspecified atom stereocenters. The maximum absolute atomic E-state index is 6.26. The minimum atomic E-state index is 0.0509. The van der Waals surface area contributed by atoms with Crippen molar-refractivity contribution in [3.63, 3.8) is 0 Å². The lowest BCUT2D eigenvalue weighted by molar-refractivity contribution is 0.159. The Labute approximate surface area is 121 Å². The van der Waals surface area contributed by atoms with E-state index in [0.717, 1.165) is 28.6 Å². The van der Waals surface area contributed by atoms with E-state index < -0.39 is 0 Å². The maximum Gasteiger partial charge on any atom is 0.124 e. The summed E-state index contributed by atoms with van der Waals surface area (Å²) in [6.07, 6.45) is 1.92. The van der Waals surface area contributed by atoms with Crippen LogP contribution in [0.4, 0.5) is 0 Å².